The van der Waals surface area contributed by atoms with Crippen LogP contribution in [0.25, 0.3) is 0 Å². The van der Waals surface area contributed by atoms with Gasteiger partial charge in [-0.15, -0.1) is 0 Å². The lowest BCUT2D eigenvalue weighted by atomic mass is 10.1. The van der Waals surface area contributed by atoms with Crippen LogP contribution in [0.4, 0.5) is 13.2 Å². The molecule has 0 spiro atoms. The standard InChI is InChI=1S/C9H8F3NO/c1-14-8(13)6-2-4-7(5-3-6)9(10,11)12/h2-5,13H,1H3. The number of ether oxygens (including phenoxy) is 1. The van der Waals surface area contributed by atoms with E-state index in [2.05, 4.69) is 4.74 Å². The number of benzene rings is 1. The van der Waals surface area contributed by atoms with Gasteiger partial charge in [-0.3, -0.25) is 5.41 Å². The van der Waals surface area contributed by atoms with E-state index in [1.165, 1.54) is 19.2 Å². The minimum Gasteiger partial charge on any atom is -0.481 e. The number of methoxy groups -OCH3 is 1. The zero-order chi connectivity index (χ0) is 10.8. The maximum absolute atomic E-state index is 12.1. The number of alkyl halides is 3. The maximum atomic E-state index is 12.1. The fourth-order valence-corrected chi connectivity index (χ4v) is 0.928. The molecular weight excluding hydrogens is 195 g/mol. The molecule has 2 nitrogen and oxygen atoms in total. The Balaban J connectivity index is 2.95. The minimum atomic E-state index is -4.34. The van der Waals surface area contributed by atoms with Crippen LogP contribution < -0.4 is 0 Å². The molecule has 0 amide bonds. The quantitative estimate of drug-likeness (QED) is 0.552. The molecule has 0 saturated heterocycles. The highest BCUT2D eigenvalue weighted by Gasteiger charge is 2.30. The second-order valence-electron chi connectivity index (χ2n) is 2.61. The van der Waals surface area contributed by atoms with Crippen molar-refractivity contribution < 1.29 is 17.9 Å². The Kier molecular flexibility index (Phi) is 2.78. The van der Waals surface area contributed by atoms with Crippen LogP contribution >= 0.6 is 0 Å². The Bertz CT molecular complexity index is 329. The van der Waals surface area contributed by atoms with Crippen molar-refractivity contribution in [2.75, 3.05) is 7.11 Å². The third-order valence-electron chi connectivity index (χ3n) is 1.68. The van der Waals surface area contributed by atoms with Crippen molar-refractivity contribution in [2.45, 2.75) is 6.18 Å². The summed E-state index contributed by atoms with van der Waals surface area (Å²) >= 11 is 0. The smallest absolute Gasteiger partial charge is 0.416 e. The summed E-state index contributed by atoms with van der Waals surface area (Å²) in [6, 6.07) is 4.25. The van der Waals surface area contributed by atoms with Crippen molar-refractivity contribution in [3.8, 4) is 0 Å². The predicted octanol–water partition coefficient (Wildman–Crippen LogP) is 2.68. The Hall–Kier alpha value is -1.52. The fraction of sp³-hybridized carbons (Fsp3) is 0.222. The molecule has 1 N–H and O–H groups in total. The third kappa shape index (κ3) is 2.25. The lowest BCUT2D eigenvalue weighted by Gasteiger charge is -2.07. The number of hydrogen-bond acceptors (Lipinski definition) is 2. The number of rotatable bonds is 1. The van der Waals surface area contributed by atoms with Gasteiger partial charge in [0, 0.05) is 5.56 Å². The van der Waals surface area contributed by atoms with E-state index in [0.717, 1.165) is 12.1 Å². The average Bonchev–Trinajstić information content (AvgIpc) is 2.15. The van der Waals surface area contributed by atoms with Gasteiger partial charge in [-0.25, -0.2) is 0 Å². The van der Waals surface area contributed by atoms with Gasteiger partial charge in [0.25, 0.3) is 0 Å². The Morgan fingerprint density at radius 2 is 1.71 bits per heavy atom. The summed E-state index contributed by atoms with van der Waals surface area (Å²) in [5.41, 5.74) is -0.411. The monoisotopic (exact) mass is 203 g/mol. The molecule has 0 unspecified atom stereocenters. The molecule has 0 fully saturated rings. The lowest BCUT2D eigenvalue weighted by Crippen LogP contribution is -2.06. The summed E-state index contributed by atoms with van der Waals surface area (Å²) in [7, 11) is 1.29. The molecule has 0 aliphatic carbocycles. The molecule has 0 heterocycles. The van der Waals surface area contributed by atoms with Crippen molar-refractivity contribution in [1.82, 2.24) is 0 Å². The fourth-order valence-electron chi connectivity index (χ4n) is 0.928. The van der Waals surface area contributed by atoms with Gasteiger partial charge >= 0.3 is 6.18 Å². The molecule has 0 aliphatic rings. The second kappa shape index (κ2) is 3.69. The Morgan fingerprint density at radius 3 is 2.07 bits per heavy atom. The Morgan fingerprint density at radius 1 is 1.21 bits per heavy atom. The molecule has 1 aromatic carbocycles. The molecule has 0 bridgehead atoms. The molecule has 0 aromatic heterocycles. The molecule has 14 heavy (non-hydrogen) atoms. The first-order valence-corrected chi connectivity index (χ1v) is 3.75. The van der Waals surface area contributed by atoms with Crippen molar-refractivity contribution >= 4 is 5.90 Å². The van der Waals surface area contributed by atoms with E-state index < -0.39 is 11.7 Å². The van der Waals surface area contributed by atoms with Gasteiger partial charge in [0.05, 0.1) is 12.7 Å². The summed E-state index contributed by atoms with van der Waals surface area (Å²) in [6.45, 7) is 0. The van der Waals surface area contributed by atoms with Gasteiger partial charge in [0.15, 0.2) is 0 Å². The highest BCUT2D eigenvalue weighted by molar-refractivity contribution is 5.91. The van der Waals surface area contributed by atoms with E-state index in [0.29, 0.717) is 5.56 Å². The highest BCUT2D eigenvalue weighted by atomic mass is 19.4. The van der Waals surface area contributed by atoms with Crippen LogP contribution in [0.3, 0.4) is 0 Å². The molecule has 0 aliphatic heterocycles. The first kappa shape index (κ1) is 10.6. The van der Waals surface area contributed by atoms with Gasteiger partial charge in [-0.1, -0.05) is 0 Å². The minimum absolute atomic E-state index is 0.154. The van der Waals surface area contributed by atoms with Crippen LogP contribution in [-0.4, -0.2) is 13.0 Å². The number of hydrogen-bond donors (Lipinski definition) is 1. The van der Waals surface area contributed by atoms with Crippen LogP contribution in [0.15, 0.2) is 24.3 Å². The van der Waals surface area contributed by atoms with E-state index in [9.17, 15) is 13.2 Å². The van der Waals surface area contributed by atoms with E-state index in [-0.39, 0.29) is 5.90 Å². The first-order valence-electron chi connectivity index (χ1n) is 3.75. The molecule has 5 heteroatoms. The summed E-state index contributed by atoms with van der Waals surface area (Å²) in [5.74, 6) is -0.154. The van der Waals surface area contributed by atoms with E-state index >= 15 is 0 Å². The summed E-state index contributed by atoms with van der Waals surface area (Å²) < 4.78 is 40.9. The predicted molar refractivity (Wildman–Crippen MR) is 45.3 cm³/mol. The topological polar surface area (TPSA) is 33.1 Å². The summed E-state index contributed by atoms with van der Waals surface area (Å²) in [4.78, 5) is 0. The SMILES string of the molecule is COC(=N)c1ccc(C(F)(F)F)cc1. The maximum Gasteiger partial charge on any atom is 0.416 e. The zero-order valence-electron chi connectivity index (χ0n) is 7.35. The molecule has 1 rings (SSSR count). The summed E-state index contributed by atoms with van der Waals surface area (Å²) in [6.07, 6.45) is -4.34. The van der Waals surface area contributed by atoms with Crippen LogP contribution in [0.1, 0.15) is 11.1 Å². The van der Waals surface area contributed by atoms with Crippen LogP contribution in [-0.2, 0) is 10.9 Å². The zero-order valence-corrected chi connectivity index (χ0v) is 7.35. The molecular formula is C9H8F3NO. The average molecular weight is 203 g/mol. The molecule has 0 radical (unpaired) electrons. The molecule has 0 saturated carbocycles. The second-order valence-corrected chi connectivity index (χ2v) is 2.61. The van der Waals surface area contributed by atoms with E-state index in [1.807, 2.05) is 0 Å². The van der Waals surface area contributed by atoms with Crippen LogP contribution in [0, 0.1) is 5.41 Å². The van der Waals surface area contributed by atoms with Gasteiger partial charge < -0.3 is 4.74 Å². The van der Waals surface area contributed by atoms with Crippen molar-refractivity contribution in [1.29, 1.82) is 5.41 Å². The van der Waals surface area contributed by atoms with Crippen LogP contribution in [0.2, 0.25) is 0 Å². The van der Waals surface area contributed by atoms with E-state index in [4.69, 9.17) is 5.41 Å². The third-order valence-corrected chi connectivity index (χ3v) is 1.68. The van der Waals surface area contributed by atoms with Gasteiger partial charge in [-0.05, 0) is 24.3 Å². The molecule has 76 valence electrons. The summed E-state index contributed by atoms with van der Waals surface area (Å²) in [5, 5.41) is 7.20. The Labute approximate surface area is 78.8 Å². The molecule has 0 atom stereocenters. The first-order chi connectivity index (χ1) is 6.45. The van der Waals surface area contributed by atoms with Crippen molar-refractivity contribution in [2.24, 2.45) is 0 Å². The molecule has 1 aromatic rings. The highest BCUT2D eigenvalue weighted by Crippen LogP contribution is 2.29. The normalized spacial score (nSPS) is 11.1. The van der Waals surface area contributed by atoms with Gasteiger partial charge in [0.1, 0.15) is 0 Å². The van der Waals surface area contributed by atoms with E-state index in [1.54, 1.807) is 0 Å². The van der Waals surface area contributed by atoms with Gasteiger partial charge in [-0.2, -0.15) is 13.2 Å². The van der Waals surface area contributed by atoms with Gasteiger partial charge in [0.2, 0.25) is 5.90 Å². The lowest BCUT2D eigenvalue weighted by molar-refractivity contribution is -0.137. The number of nitrogens with one attached hydrogen (secondary N) is 1. The number of halogens is 3. The van der Waals surface area contributed by atoms with Crippen LogP contribution in [0.5, 0.6) is 0 Å². The largest absolute Gasteiger partial charge is 0.481 e. The van der Waals surface area contributed by atoms with Crippen molar-refractivity contribution in [3.63, 3.8) is 0 Å². The van der Waals surface area contributed by atoms with Crippen molar-refractivity contribution in [3.05, 3.63) is 35.4 Å².